The van der Waals surface area contributed by atoms with E-state index in [0.717, 1.165) is 29.8 Å². The summed E-state index contributed by atoms with van der Waals surface area (Å²) in [4.78, 5) is 7.98. The molecular weight excluding hydrogens is 483 g/mol. The zero-order chi connectivity index (χ0) is 19.1. The molecule has 1 aliphatic rings. The fraction of sp³-hybridized carbons (Fsp3) is 0.571. The first kappa shape index (κ1) is 23.4. The fourth-order valence-corrected chi connectivity index (χ4v) is 4.56. The quantitative estimate of drug-likeness (QED) is 0.298. The highest BCUT2D eigenvalue weighted by Gasteiger charge is 2.16. The smallest absolute Gasteiger partial charge is 0.191 e. The van der Waals surface area contributed by atoms with Gasteiger partial charge in [-0.1, -0.05) is 18.2 Å². The van der Waals surface area contributed by atoms with Crippen molar-refractivity contribution in [1.29, 1.82) is 0 Å². The number of fused-ring (bicyclic) bond motifs is 1. The monoisotopic (exact) mass is 516 g/mol. The van der Waals surface area contributed by atoms with E-state index in [0.29, 0.717) is 6.54 Å². The summed E-state index contributed by atoms with van der Waals surface area (Å²) in [5.74, 6) is 1.60. The second-order valence-electron chi connectivity index (χ2n) is 7.38. The summed E-state index contributed by atoms with van der Waals surface area (Å²) in [7, 11) is 2.20. The standard InChI is InChI=1S/C21H32N4OS.HI/c1-3-22-21(23-11-8-16-9-12-25(2)13-10-16)24-15-18(26)20-14-17-6-4-5-7-19(17)27-20;/h4-7,14,16,18,26H,3,8-13,15H2,1-2H3,(H2,22,23,24);1H. The number of aliphatic hydroxyl groups excluding tert-OH is 1. The van der Waals surface area contributed by atoms with E-state index >= 15 is 0 Å². The van der Waals surface area contributed by atoms with E-state index in [9.17, 15) is 5.11 Å². The molecule has 1 fully saturated rings. The number of hydrogen-bond acceptors (Lipinski definition) is 4. The van der Waals surface area contributed by atoms with E-state index in [4.69, 9.17) is 0 Å². The summed E-state index contributed by atoms with van der Waals surface area (Å²) in [6.07, 6.45) is 3.19. The van der Waals surface area contributed by atoms with E-state index in [-0.39, 0.29) is 24.0 Å². The highest BCUT2D eigenvalue weighted by Crippen LogP contribution is 2.29. The predicted molar refractivity (Wildman–Crippen MR) is 131 cm³/mol. The number of thiophene rings is 1. The molecule has 0 saturated carbocycles. The Morgan fingerprint density at radius 3 is 2.75 bits per heavy atom. The summed E-state index contributed by atoms with van der Waals surface area (Å²) < 4.78 is 1.21. The van der Waals surface area contributed by atoms with Crippen molar-refractivity contribution in [2.24, 2.45) is 10.9 Å². The highest BCUT2D eigenvalue weighted by atomic mass is 127. The Labute approximate surface area is 189 Å². The van der Waals surface area contributed by atoms with Crippen molar-refractivity contribution >= 4 is 51.4 Å². The lowest BCUT2D eigenvalue weighted by Gasteiger charge is -2.29. The maximum Gasteiger partial charge on any atom is 0.191 e. The first-order valence-electron chi connectivity index (χ1n) is 10.0. The van der Waals surface area contributed by atoms with Crippen LogP contribution >= 0.6 is 35.3 Å². The lowest BCUT2D eigenvalue weighted by Crippen LogP contribution is -2.39. The Hall–Kier alpha value is -0.900. The SMILES string of the molecule is CCNC(=NCC(O)c1cc2ccccc2s1)NCCC1CCN(C)CC1.I. The van der Waals surface area contributed by atoms with Gasteiger partial charge in [-0.3, -0.25) is 4.99 Å². The van der Waals surface area contributed by atoms with E-state index in [2.05, 4.69) is 52.7 Å². The van der Waals surface area contributed by atoms with E-state index in [1.54, 1.807) is 11.3 Å². The third-order valence-corrected chi connectivity index (χ3v) is 6.44. The zero-order valence-electron chi connectivity index (χ0n) is 16.9. The number of nitrogens with one attached hydrogen (secondary N) is 2. The average molecular weight is 516 g/mol. The lowest BCUT2D eigenvalue weighted by molar-refractivity contribution is 0.191. The minimum atomic E-state index is -0.563. The van der Waals surface area contributed by atoms with Crippen molar-refractivity contribution in [3.8, 4) is 0 Å². The third-order valence-electron chi connectivity index (χ3n) is 5.22. The largest absolute Gasteiger partial charge is 0.386 e. The van der Waals surface area contributed by atoms with E-state index in [1.807, 2.05) is 12.1 Å². The van der Waals surface area contributed by atoms with Crippen LogP contribution in [0.1, 0.15) is 37.2 Å². The summed E-state index contributed by atoms with van der Waals surface area (Å²) in [5.41, 5.74) is 0. The van der Waals surface area contributed by atoms with Gasteiger partial charge in [0.2, 0.25) is 0 Å². The van der Waals surface area contributed by atoms with Crippen LogP contribution in [0.25, 0.3) is 10.1 Å². The molecule has 0 bridgehead atoms. The van der Waals surface area contributed by atoms with Crippen molar-refractivity contribution in [1.82, 2.24) is 15.5 Å². The number of aliphatic hydroxyl groups is 1. The molecule has 0 aliphatic carbocycles. The molecule has 1 saturated heterocycles. The van der Waals surface area contributed by atoms with Gasteiger partial charge in [0, 0.05) is 22.7 Å². The summed E-state index contributed by atoms with van der Waals surface area (Å²) >= 11 is 1.64. The van der Waals surface area contributed by atoms with Crippen molar-refractivity contribution in [3.05, 3.63) is 35.2 Å². The number of nitrogens with zero attached hydrogens (tertiary/aromatic N) is 2. The van der Waals surface area contributed by atoms with Crippen LogP contribution in [-0.2, 0) is 0 Å². The summed E-state index contributed by atoms with van der Waals surface area (Å²) in [5, 5.41) is 18.4. The van der Waals surface area contributed by atoms with Gasteiger partial charge < -0.3 is 20.6 Å². The number of rotatable bonds is 7. The van der Waals surface area contributed by atoms with Crippen LogP contribution in [-0.4, -0.2) is 55.7 Å². The van der Waals surface area contributed by atoms with Gasteiger partial charge in [-0.15, -0.1) is 35.3 Å². The second-order valence-corrected chi connectivity index (χ2v) is 8.50. The van der Waals surface area contributed by atoms with E-state index < -0.39 is 6.10 Å². The van der Waals surface area contributed by atoms with Crippen LogP contribution in [0.2, 0.25) is 0 Å². The molecule has 1 unspecified atom stereocenters. The van der Waals surface area contributed by atoms with Crippen molar-refractivity contribution in [2.75, 3.05) is 39.8 Å². The Morgan fingerprint density at radius 1 is 1.29 bits per heavy atom. The first-order chi connectivity index (χ1) is 13.2. The van der Waals surface area contributed by atoms with Crippen molar-refractivity contribution < 1.29 is 5.11 Å². The average Bonchev–Trinajstić information content (AvgIpc) is 3.12. The van der Waals surface area contributed by atoms with Crippen LogP contribution in [0.5, 0.6) is 0 Å². The second kappa shape index (κ2) is 11.9. The van der Waals surface area contributed by atoms with Crippen LogP contribution < -0.4 is 10.6 Å². The Balaban J connectivity index is 0.00000280. The number of aliphatic imine (C=N–C) groups is 1. The maximum atomic E-state index is 10.5. The first-order valence-corrected chi connectivity index (χ1v) is 10.8. The van der Waals surface area contributed by atoms with Gasteiger partial charge in [0.05, 0.1) is 6.54 Å². The zero-order valence-corrected chi connectivity index (χ0v) is 20.0. The molecule has 1 atom stereocenters. The molecular formula is C21H33IN4OS. The number of likely N-dealkylation sites (tertiary alicyclic amines) is 1. The number of guanidine groups is 1. The van der Waals surface area contributed by atoms with Gasteiger partial charge in [0.15, 0.2) is 5.96 Å². The minimum absolute atomic E-state index is 0. The van der Waals surface area contributed by atoms with Crippen LogP contribution in [0, 0.1) is 5.92 Å². The Bertz CT molecular complexity index is 710. The number of benzene rings is 1. The highest BCUT2D eigenvalue weighted by molar-refractivity contribution is 14.0. The molecule has 0 amide bonds. The number of halogens is 1. The summed E-state index contributed by atoms with van der Waals surface area (Å²) in [6, 6.07) is 10.3. The fourth-order valence-electron chi connectivity index (χ4n) is 3.52. The van der Waals surface area contributed by atoms with Crippen molar-refractivity contribution in [3.63, 3.8) is 0 Å². The molecule has 2 heterocycles. The van der Waals surface area contributed by atoms with Gasteiger partial charge >= 0.3 is 0 Å². The van der Waals surface area contributed by atoms with Gasteiger partial charge in [0.25, 0.3) is 0 Å². The molecule has 0 spiro atoms. The normalized spacial score (nSPS) is 17.3. The third kappa shape index (κ3) is 6.86. The van der Waals surface area contributed by atoms with Gasteiger partial charge in [-0.05, 0) is 69.8 Å². The van der Waals surface area contributed by atoms with Gasteiger partial charge in [-0.2, -0.15) is 0 Å². The molecule has 1 aliphatic heterocycles. The molecule has 1 aromatic carbocycles. The lowest BCUT2D eigenvalue weighted by atomic mass is 9.94. The van der Waals surface area contributed by atoms with Crippen molar-refractivity contribution in [2.45, 2.75) is 32.3 Å². The van der Waals surface area contributed by atoms with E-state index in [1.165, 1.54) is 42.4 Å². The molecule has 0 radical (unpaired) electrons. The maximum absolute atomic E-state index is 10.5. The molecule has 7 heteroatoms. The Kier molecular flexibility index (Phi) is 9.98. The topological polar surface area (TPSA) is 59.9 Å². The molecule has 5 nitrogen and oxygen atoms in total. The molecule has 2 aromatic rings. The Morgan fingerprint density at radius 2 is 2.04 bits per heavy atom. The van der Waals surface area contributed by atoms with Gasteiger partial charge in [-0.25, -0.2) is 0 Å². The summed E-state index contributed by atoms with van der Waals surface area (Å²) in [6.45, 7) is 6.60. The minimum Gasteiger partial charge on any atom is -0.386 e. The molecule has 156 valence electrons. The molecule has 1 aromatic heterocycles. The molecule has 3 N–H and O–H groups in total. The predicted octanol–water partition coefficient (Wildman–Crippen LogP) is 3.84. The van der Waals surface area contributed by atoms with Gasteiger partial charge in [0.1, 0.15) is 6.10 Å². The number of hydrogen-bond donors (Lipinski definition) is 3. The van der Waals surface area contributed by atoms with Crippen LogP contribution in [0.3, 0.4) is 0 Å². The van der Waals surface area contributed by atoms with Crippen LogP contribution in [0.15, 0.2) is 35.3 Å². The molecule has 28 heavy (non-hydrogen) atoms. The van der Waals surface area contributed by atoms with Crippen LogP contribution in [0.4, 0.5) is 0 Å². The number of piperidine rings is 1. The molecule has 3 rings (SSSR count).